The molecule has 90 valence electrons. The summed E-state index contributed by atoms with van der Waals surface area (Å²) in [7, 11) is 1.62. The van der Waals surface area contributed by atoms with Gasteiger partial charge in [-0.15, -0.1) is 0 Å². The Balaban J connectivity index is 3.50. The van der Waals surface area contributed by atoms with E-state index in [1.165, 1.54) is 0 Å². The molecule has 0 aliphatic rings. The largest absolute Gasteiger partial charge is 0.383 e. The van der Waals surface area contributed by atoms with Crippen LogP contribution in [0, 0.1) is 0 Å². The van der Waals surface area contributed by atoms with Crippen molar-refractivity contribution < 1.29 is 9.53 Å². The zero-order valence-corrected chi connectivity index (χ0v) is 10.7. The normalized spacial score (nSPS) is 12.5. The maximum Gasteiger partial charge on any atom is 0.234 e. The Morgan fingerprint density at radius 1 is 1.53 bits per heavy atom. The van der Waals surface area contributed by atoms with Gasteiger partial charge in [-0.2, -0.15) is 11.8 Å². The van der Waals surface area contributed by atoms with Gasteiger partial charge in [0.05, 0.1) is 13.2 Å². The second kappa shape index (κ2) is 10.3. The number of hydrogen-bond donors (Lipinski definition) is 2. The minimum atomic E-state index is 0.0339. The third-order valence-corrected chi connectivity index (χ3v) is 2.78. The van der Waals surface area contributed by atoms with E-state index in [-0.39, 0.29) is 5.91 Å². The van der Waals surface area contributed by atoms with E-state index in [1.54, 1.807) is 18.9 Å². The topological polar surface area (TPSA) is 50.4 Å². The summed E-state index contributed by atoms with van der Waals surface area (Å²) >= 11 is 1.79. The van der Waals surface area contributed by atoms with Crippen LogP contribution in [0.2, 0.25) is 0 Å². The molecule has 0 aliphatic heterocycles. The summed E-state index contributed by atoms with van der Waals surface area (Å²) < 4.78 is 4.84. The molecule has 1 atom stereocenters. The van der Waals surface area contributed by atoms with Gasteiger partial charge in [0, 0.05) is 25.4 Å². The lowest BCUT2D eigenvalue weighted by atomic mass is 10.2. The Kier molecular flexibility index (Phi) is 10.1. The Bertz CT molecular complexity index is 168. The van der Waals surface area contributed by atoms with Crippen molar-refractivity contribution in [3.05, 3.63) is 0 Å². The molecule has 2 N–H and O–H groups in total. The summed E-state index contributed by atoms with van der Waals surface area (Å²) in [4.78, 5) is 11.3. The average Bonchev–Trinajstić information content (AvgIpc) is 2.24. The number of hydrogen-bond acceptors (Lipinski definition) is 4. The van der Waals surface area contributed by atoms with Crippen LogP contribution in [-0.4, -0.2) is 50.8 Å². The van der Waals surface area contributed by atoms with Crippen molar-refractivity contribution in [1.82, 2.24) is 10.6 Å². The molecule has 0 saturated carbocycles. The minimum Gasteiger partial charge on any atom is -0.383 e. The van der Waals surface area contributed by atoms with Crippen LogP contribution in [0.5, 0.6) is 0 Å². The van der Waals surface area contributed by atoms with Crippen LogP contribution in [0.25, 0.3) is 0 Å². The molecule has 0 aliphatic carbocycles. The van der Waals surface area contributed by atoms with Crippen LogP contribution in [0.3, 0.4) is 0 Å². The predicted molar refractivity (Wildman–Crippen MR) is 65.3 cm³/mol. The van der Waals surface area contributed by atoms with Gasteiger partial charge in [-0.1, -0.05) is 6.92 Å². The van der Waals surface area contributed by atoms with Crippen LogP contribution in [0.4, 0.5) is 0 Å². The average molecular weight is 234 g/mol. The third kappa shape index (κ3) is 8.72. The molecule has 0 saturated heterocycles. The van der Waals surface area contributed by atoms with E-state index in [0.717, 1.165) is 12.2 Å². The van der Waals surface area contributed by atoms with Gasteiger partial charge in [0.15, 0.2) is 0 Å². The second-order valence-electron chi connectivity index (χ2n) is 3.28. The van der Waals surface area contributed by atoms with Crippen molar-refractivity contribution >= 4 is 17.7 Å². The number of rotatable bonds is 9. The van der Waals surface area contributed by atoms with E-state index in [9.17, 15) is 4.79 Å². The number of carbonyl (C=O) groups excluding carboxylic acids is 1. The van der Waals surface area contributed by atoms with Crippen LogP contribution in [0.15, 0.2) is 0 Å². The van der Waals surface area contributed by atoms with E-state index in [2.05, 4.69) is 23.8 Å². The lowest BCUT2D eigenvalue weighted by Crippen LogP contribution is -2.40. The second-order valence-corrected chi connectivity index (χ2v) is 4.19. The van der Waals surface area contributed by atoms with Gasteiger partial charge in [0.1, 0.15) is 0 Å². The highest BCUT2D eigenvalue weighted by molar-refractivity contribution is 7.98. The number of nitrogens with one attached hydrogen (secondary N) is 2. The zero-order chi connectivity index (χ0) is 11.5. The maximum absolute atomic E-state index is 11.3. The molecule has 4 nitrogen and oxygen atoms in total. The van der Waals surface area contributed by atoms with Crippen LogP contribution >= 0.6 is 11.8 Å². The molecule has 0 fully saturated rings. The first kappa shape index (κ1) is 14.7. The van der Waals surface area contributed by atoms with Crippen LogP contribution in [-0.2, 0) is 9.53 Å². The van der Waals surface area contributed by atoms with E-state index < -0.39 is 0 Å². The lowest BCUT2D eigenvalue weighted by Gasteiger charge is -2.15. The molecule has 0 aromatic carbocycles. The number of carbonyl (C=O) groups is 1. The Morgan fingerprint density at radius 3 is 2.80 bits per heavy atom. The maximum atomic E-state index is 11.3. The van der Waals surface area contributed by atoms with Crippen molar-refractivity contribution in [1.29, 1.82) is 0 Å². The quantitative estimate of drug-likeness (QED) is 0.570. The Morgan fingerprint density at radius 2 is 2.27 bits per heavy atom. The number of amides is 1. The molecule has 1 unspecified atom stereocenters. The third-order valence-electron chi connectivity index (χ3n) is 2.04. The molecule has 15 heavy (non-hydrogen) atoms. The molecule has 0 aromatic rings. The van der Waals surface area contributed by atoms with E-state index in [4.69, 9.17) is 4.74 Å². The van der Waals surface area contributed by atoms with E-state index >= 15 is 0 Å². The van der Waals surface area contributed by atoms with Gasteiger partial charge in [0.2, 0.25) is 5.91 Å². The fraction of sp³-hybridized carbons (Fsp3) is 0.900. The first-order chi connectivity index (χ1) is 7.24. The first-order valence-corrected chi connectivity index (χ1v) is 6.61. The molecular weight excluding hydrogens is 212 g/mol. The summed E-state index contributed by atoms with van der Waals surface area (Å²) in [6, 6.07) is 0.424. The molecule has 0 radical (unpaired) electrons. The molecule has 0 heterocycles. The highest BCUT2D eigenvalue weighted by Gasteiger charge is 2.06. The predicted octanol–water partition coefficient (Wildman–Crippen LogP) is 0.480. The van der Waals surface area contributed by atoms with E-state index in [0.29, 0.717) is 25.7 Å². The SMILES string of the molecule is CCC(CSC)NCC(=O)NCCOC. The molecular formula is C10H22N2O2S. The van der Waals surface area contributed by atoms with Crippen molar-refractivity contribution in [2.75, 3.05) is 38.8 Å². The summed E-state index contributed by atoms with van der Waals surface area (Å²) in [5, 5.41) is 6.00. The van der Waals surface area contributed by atoms with Crippen LogP contribution < -0.4 is 10.6 Å². The monoisotopic (exact) mass is 234 g/mol. The van der Waals surface area contributed by atoms with E-state index in [1.807, 2.05) is 0 Å². The molecule has 0 rings (SSSR count). The molecule has 0 aromatic heterocycles. The van der Waals surface area contributed by atoms with Gasteiger partial charge < -0.3 is 15.4 Å². The van der Waals surface area contributed by atoms with Gasteiger partial charge in [-0.25, -0.2) is 0 Å². The molecule has 0 bridgehead atoms. The van der Waals surface area contributed by atoms with Crippen molar-refractivity contribution in [2.45, 2.75) is 19.4 Å². The van der Waals surface area contributed by atoms with Gasteiger partial charge in [0.25, 0.3) is 0 Å². The van der Waals surface area contributed by atoms with Crippen molar-refractivity contribution in [3.63, 3.8) is 0 Å². The van der Waals surface area contributed by atoms with Crippen molar-refractivity contribution in [3.8, 4) is 0 Å². The smallest absolute Gasteiger partial charge is 0.234 e. The lowest BCUT2D eigenvalue weighted by molar-refractivity contribution is -0.120. The summed E-state index contributed by atoms with van der Waals surface area (Å²) in [5.41, 5.74) is 0. The van der Waals surface area contributed by atoms with Gasteiger partial charge >= 0.3 is 0 Å². The fourth-order valence-corrected chi connectivity index (χ4v) is 1.87. The summed E-state index contributed by atoms with van der Waals surface area (Å²) in [6.07, 6.45) is 3.12. The zero-order valence-electron chi connectivity index (χ0n) is 9.84. The van der Waals surface area contributed by atoms with Crippen molar-refractivity contribution in [2.24, 2.45) is 0 Å². The molecule has 0 spiro atoms. The van der Waals surface area contributed by atoms with Gasteiger partial charge in [-0.05, 0) is 12.7 Å². The van der Waals surface area contributed by atoms with Crippen LogP contribution in [0.1, 0.15) is 13.3 Å². The number of methoxy groups -OCH3 is 1. The Labute approximate surface area is 96.5 Å². The summed E-state index contributed by atoms with van der Waals surface area (Å²) in [6.45, 7) is 3.66. The molecule has 1 amide bonds. The summed E-state index contributed by atoms with van der Waals surface area (Å²) in [5.74, 6) is 1.08. The number of thioether (sulfide) groups is 1. The fourth-order valence-electron chi connectivity index (χ4n) is 1.11. The number of ether oxygens (including phenoxy) is 1. The first-order valence-electron chi connectivity index (χ1n) is 5.22. The standard InChI is InChI=1S/C10H22N2O2S/c1-4-9(8-15-3)12-7-10(13)11-5-6-14-2/h9,12H,4-8H2,1-3H3,(H,11,13). The highest BCUT2D eigenvalue weighted by Crippen LogP contribution is 1.99. The van der Waals surface area contributed by atoms with Gasteiger partial charge in [-0.3, -0.25) is 4.79 Å². The highest BCUT2D eigenvalue weighted by atomic mass is 32.2. The molecule has 5 heteroatoms. The Hall–Kier alpha value is -0.260. The minimum absolute atomic E-state index is 0.0339.